The van der Waals surface area contributed by atoms with Crippen LogP contribution in [0, 0.1) is 6.92 Å². The molecule has 0 spiro atoms. The maximum Gasteiger partial charge on any atom is 0.254 e. The lowest BCUT2D eigenvalue weighted by molar-refractivity contribution is 0.294. The van der Waals surface area contributed by atoms with Crippen molar-refractivity contribution in [3.63, 3.8) is 0 Å². The van der Waals surface area contributed by atoms with Crippen molar-refractivity contribution in [1.29, 1.82) is 0 Å². The number of rotatable bonds is 7. The molecule has 0 N–H and O–H groups in total. The fourth-order valence-corrected chi connectivity index (χ4v) is 4.28. The Labute approximate surface area is 193 Å². The lowest BCUT2D eigenvalue weighted by Crippen LogP contribution is -2.25. The average Bonchev–Trinajstić information content (AvgIpc) is 3.69. The van der Waals surface area contributed by atoms with Gasteiger partial charge in [0.2, 0.25) is 0 Å². The molecule has 2 aromatic carbocycles. The van der Waals surface area contributed by atoms with Crippen molar-refractivity contribution in [3.05, 3.63) is 112 Å². The van der Waals surface area contributed by atoms with Crippen LogP contribution < -0.4 is 10.3 Å². The highest BCUT2D eigenvalue weighted by molar-refractivity contribution is 5.64. The van der Waals surface area contributed by atoms with Gasteiger partial charge in [0.25, 0.3) is 5.56 Å². The quantitative estimate of drug-likeness (QED) is 0.373. The smallest absolute Gasteiger partial charge is 0.254 e. The fraction of sp³-hybridized carbons (Fsp3) is 0.250. The Morgan fingerprint density at radius 3 is 2.21 bits per heavy atom. The van der Waals surface area contributed by atoms with Crippen LogP contribution >= 0.6 is 0 Å². The van der Waals surface area contributed by atoms with Crippen molar-refractivity contribution in [2.45, 2.75) is 45.3 Å². The molecule has 166 valence electrons. The van der Waals surface area contributed by atoms with Gasteiger partial charge in [0.1, 0.15) is 12.4 Å². The van der Waals surface area contributed by atoms with Gasteiger partial charge in [0, 0.05) is 24.2 Å². The Morgan fingerprint density at radius 1 is 0.970 bits per heavy atom. The van der Waals surface area contributed by atoms with Crippen molar-refractivity contribution in [2.75, 3.05) is 0 Å². The average molecular weight is 438 g/mol. The summed E-state index contributed by atoms with van der Waals surface area (Å²) in [7, 11) is 0. The van der Waals surface area contributed by atoms with Gasteiger partial charge in [-0.25, -0.2) is 9.97 Å². The van der Waals surface area contributed by atoms with Crippen molar-refractivity contribution < 1.29 is 4.74 Å². The van der Waals surface area contributed by atoms with E-state index in [1.807, 2.05) is 19.9 Å². The lowest BCUT2D eigenvalue weighted by atomic mass is 9.99. The lowest BCUT2D eigenvalue weighted by Gasteiger charge is -2.20. The summed E-state index contributed by atoms with van der Waals surface area (Å²) in [6, 6.07) is 22.5. The third kappa shape index (κ3) is 4.72. The van der Waals surface area contributed by atoms with E-state index in [9.17, 15) is 4.79 Å². The molecule has 1 aliphatic rings. The maximum atomic E-state index is 12.9. The van der Waals surface area contributed by atoms with Gasteiger partial charge in [-0.05, 0) is 67.0 Å². The Morgan fingerprint density at radius 2 is 1.61 bits per heavy atom. The summed E-state index contributed by atoms with van der Waals surface area (Å²) in [5.74, 6) is 1.88. The Balaban J connectivity index is 1.32. The minimum Gasteiger partial charge on any atom is -0.485 e. The molecule has 0 radical (unpaired) electrons. The van der Waals surface area contributed by atoms with Crippen LogP contribution in [0.3, 0.4) is 0 Å². The Kier molecular flexibility index (Phi) is 5.78. The summed E-state index contributed by atoms with van der Waals surface area (Å²) < 4.78 is 7.54. The summed E-state index contributed by atoms with van der Waals surface area (Å²) in [6.07, 6.45) is 5.98. The SMILES string of the molecule is Cc1cc(OCc2ncccn2)cc(=O)n1[C@H](C)c1ccc(-c2ccc(C3CC3)cc2)cc1. The summed E-state index contributed by atoms with van der Waals surface area (Å²) in [4.78, 5) is 21.2. The van der Waals surface area contributed by atoms with E-state index >= 15 is 0 Å². The van der Waals surface area contributed by atoms with Crippen LogP contribution in [0.5, 0.6) is 5.75 Å². The molecule has 33 heavy (non-hydrogen) atoms. The second kappa shape index (κ2) is 9.02. The fourth-order valence-electron chi connectivity index (χ4n) is 4.28. The molecule has 5 rings (SSSR count). The summed E-state index contributed by atoms with van der Waals surface area (Å²) in [5, 5.41) is 0. The third-order valence-corrected chi connectivity index (χ3v) is 6.29. The van der Waals surface area contributed by atoms with Gasteiger partial charge >= 0.3 is 0 Å². The van der Waals surface area contributed by atoms with Crippen LogP contribution in [0.15, 0.2) is 83.9 Å². The molecular weight excluding hydrogens is 410 g/mol. The van der Waals surface area contributed by atoms with Crippen LogP contribution in [0.25, 0.3) is 11.1 Å². The first kappa shape index (κ1) is 21.1. The van der Waals surface area contributed by atoms with E-state index in [4.69, 9.17) is 4.74 Å². The standard InChI is InChI=1S/C28H27N3O2/c1-19-16-26(33-18-27-29-14-3-15-30-27)17-28(32)31(19)20(2)21-4-6-22(7-5-21)23-8-10-24(11-9-23)25-12-13-25/h3-11,14-17,20,25H,12-13,18H2,1-2H3/t20-/m1/s1. The van der Waals surface area contributed by atoms with Gasteiger partial charge < -0.3 is 9.30 Å². The topological polar surface area (TPSA) is 57.0 Å². The van der Waals surface area contributed by atoms with E-state index < -0.39 is 0 Å². The number of hydrogen-bond acceptors (Lipinski definition) is 4. The molecule has 4 aromatic rings. The number of ether oxygens (including phenoxy) is 1. The van der Waals surface area contributed by atoms with Crippen molar-refractivity contribution in [2.24, 2.45) is 0 Å². The first-order chi connectivity index (χ1) is 16.1. The zero-order valence-corrected chi connectivity index (χ0v) is 18.9. The minimum absolute atomic E-state index is 0.0877. The second-order valence-corrected chi connectivity index (χ2v) is 8.69. The molecule has 0 saturated heterocycles. The molecular formula is C28H27N3O2. The minimum atomic E-state index is -0.0915. The van der Waals surface area contributed by atoms with Gasteiger partial charge in [0.05, 0.1) is 6.04 Å². The zero-order valence-electron chi connectivity index (χ0n) is 18.9. The van der Waals surface area contributed by atoms with Gasteiger partial charge in [0.15, 0.2) is 5.82 Å². The van der Waals surface area contributed by atoms with Gasteiger partial charge in [-0.1, -0.05) is 48.5 Å². The van der Waals surface area contributed by atoms with E-state index in [1.165, 1.54) is 35.6 Å². The molecule has 1 fully saturated rings. The molecule has 2 heterocycles. The number of aromatic nitrogens is 3. The first-order valence-corrected chi connectivity index (χ1v) is 11.4. The second-order valence-electron chi connectivity index (χ2n) is 8.69. The summed E-state index contributed by atoms with van der Waals surface area (Å²) >= 11 is 0. The number of pyridine rings is 1. The highest BCUT2D eigenvalue weighted by Gasteiger charge is 2.23. The van der Waals surface area contributed by atoms with E-state index in [0.29, 0.717) is 11.6 Å². The summed E-state index contributed by atoms with van der Waals surface area (Å²) in [5.41, 5.74) is 5.69. The van der Waals surface area contributed by atoms with Crippen molar-refractivity contribution in [3.8, 4) is 16.9 Å². The Bertz CT molecular complexity index is 1290. The number of benzene rings is 2. The number of nitrogens with zero attached hydrogens (tertiary/aromatic N) is 3. The zero-order chi connectivity index (χ0) is 22.8. The predicted molar refractivity (Wildman–Crippen MR) is 129 cm³/mol. The molecule has 0 unspecified atom stereocenters. The molecule has 2 aromatic heterocycles. The number of aryl methyl sites for hydroxylation is 1. The van der Waals surface area contributed by atoms with Crippen LogP contribution in [-0.4, -0.2) is 14.5 Å². The molecule has 5 nitrogen and oxygen atoms in total. The molecule has 0 aliphatic heterocycles. The van der Waals surface area contributed by atoms with Crippen LogP contribution in [0.1, 0.15) is 54.4 Å². The molecule has 1 atom stereocenters. The van der Waals surface area contributed by atoms with E-state index in [2.05, 4.69) is 58.5 Å². The van der Waals surface area contributed by atoms with Gasteiger partial charge in [-0.3, -0.25) is 4.79 Å². The molecule has 0 amide bonds. The molecule has 1 aliphatic carbocycles. The van der Waals surface area contributed by atoms with E-state index in [-0.39, 0.29) is 18.2 Å². The normalized spacial score (nSPS) is 14.1. The predicted octanol–water partition coefficient (Wildman–Crippen LogP) is 5.68. The monoisotopic (exact) mass is 437 g/mol. The van der Waals surface area contributed by atoms with Crippen LogP contribution in [0.2, 0.25) is 0 Å². The highest BCUT2D eigenvalue weighted by atomic mass is 16.5. The number of hydrogen-bond donors (Lipinski definition) is 0. The third-order valence-electron chi connectivity index (χ3n) is 6.29. The maximum absolute atomic E-state index is 12.9. The van der Waals surface area contributed by atoms with E-state index in [1.54, 1.807) is 23.0 Å². The first-order valence-electron chi connectivity index (χ1n) is 11.4. The highest BCUT2D eigenvalue weighted by Crippen LogP contribution is 2.40. The largest absolute Gasteiger partial charge is 0.485 e. The summed E-state index contributed by atoms with van der Waals surface area (Å²) in [6.45, 7) is 4.20. The van der Waals surface area contributed by atoms with Crippen LogP contribution in [-0.2, 0) is 6.61 Å². The van der Waals surface area contributed by atoms with Crippen molar-refractivity contribution in [1.82, 2.24) is 14.5 Å². The van der Waals surface area contributed by atoms with E-state index in [0.717, 1.165) is 17.2 Å². The van der Waals surface area contributed by atoms with Crippen LogP contribution in [0.4, 0.5) is 0 Å². The van der Waals surface area contributed by atoms with Gasteiger partial charge in [-0.2, -0.15) is 0 Å². The molecule has 0 bridgehead atoms. The Hall–Kier alpha value is -3.73. The molecule has 1 saturated carbocycles. The van der Waals surface area contributed by atoms with Crippen molar-refractivity contribution >= 4 is 0 Å². The van der Waals surface area contributed by atoms with Gasteiger partial charge in [-0.15, -0.1) is 0 Å². The molecule has 5 heteroatoms.